The Morgan fingerprint density at radius 1 is 1.25 bits per heavy atom. The highest BCUT2D eigenvalue weighted by Gasteiger charge is 2.17. The van der Waals surface area contributed by atoms with Crippen LogP contribution in [0.3, 0.4) is 0 Å². The van der Waals surface area contributed by atoms with Crippen LogP contribution in [-0.2, 0) is 7.05 Å². The van der Waals surface area contributed by atoms with E-state index in [0.717, 1.165) is 48.6 Å². The van der Waals surface area contributed by atoms with Gasteiger partial charge in [0.25, 0.3) is 0 Å². The third-order valence-corrected chi connectivity index (χ3v) is 4.58. The Bertz CT molecular complexity index is 981. The molecule has 0 spiro atoms. The minimum absolute atomic E-state index is 0.309. The molecule has 1 saturated heterocycles. The van der Waals surface area contributed by atoms with E-state index in [-0.39, 0.29) is 0 Å². The largest absolute Gasteiger partial charge is 0.365 e. The molecule has 0 unspecified atom stereocenters. The predicted molar refractivity (Wildman–Crippen MR) is 106 cm³/mol. The average Bonchev–Trinajstić information content (AvgIpc) is 3.16. The summed E-state index contributed by atoms with van der Waals surface area (Å²) in [5.74, 6) is 1.23. The molecule has 4 rings (SSSR count). The van der Waals surface area contributed by atoms with Crippen LogP contribution in [0.15, 0.2) is 36.9 Å². The van der Waals surface area contributed by atoms with Gasteiger partial charge < -0.3 is 16.0 Å². The first-order chi connectivity index (χ1) is 13.7. The lowest BCUT2D eigenvalue weighted by molar-refractivity contribution is 0.479. The number of piperidine rings is 1. The fourth-order valence-electron chi connectivity index (χ4n) is 3.16. The molecule has 1 aliphatic rings. The molecule has 9 heteroatoms. The third-order valence-electron chi connectivity index (χ3n) is 4.58. The van der Waals surface area contributed by atoms with Crippen LogP contribution >= 0.6 is 0 Å². The van der Waals surface area contributed by atoms with E-state index >= 15 is 0 Å². The van der Waals surface area contributed by atoms with E-state index in [9.17, 15) is 0 Å². The van der Waals surface area contributed by atoms with Gasteiger partial charge in [-0.25, -0.2) is 9.97 Å². The van der Waals surface area contributed by atoms with Crippen LogP contribution in [0.25, 0.3) is 11.1 Å². The van der Waals surface area contributed by atoms with Gasteiger partial charge in [-0.2, -0.15) is 15.3 Å². The summed E-state index contributed by atoms with van der Waals surface area (Å²) in [7, 11) is 1.89. The summed E-state index contributed by atoms with van der Waals surface area (Å²) in [5, 5.41) is 23.2. The molecule has 9 nitrogen and oxygen atoms in total. The topological polar surface area (TPSA) is 116 Å². The van der Waals surface area contributed by atoms with E-state index < -0.39 is 0 Å². The van der Waals surface area contributed by atoms with Gasteiger partial charge in [0.15, 0.2) is 0 Å². The summed E-state index contributed by atoms with van der Waals surface area (Å²) >= 11 is 0. The number of nitriles is 1. The van der Waals surface area contributed by atoms with Gasteiger partial charge >= 0.3 is 0 Å². The SMILES string of the molecule is Cn1cc(-c2cnc(Nc3ccc(C#N)nc3)nc2N[C@H]2CCCNC2)cn1. The van der Waals surface area contributed by atoms with Crippen molar-refractivity contribution in [3.8, 4) is 17.2 Å². The highest BCUT2D eigenvalue weighted by Crippen LogP contribution is 2.28. The summed E-state index contributed by atoms with van der Waals surface area (Å²) < 4.78 is 1.76. The first-order valence-electron chi connectivity index (χ1n) is 9.18. The standard InChI is InChI=1S/C19H21N9/c1-28-12-13(8-24-28)17-11-23-19(26-16-5-4-14(7-20)22-10-16)27-18(17)25-15-3-2-6-21-9-15/h4-5,8,10-12,15,21H,2-3,6,9H2,1H3,(H2,23,25,26,27)/t15-/m0/s1. The first kappa shape index (κ1) is 17.9. The maximum absolute atomic E-state index is 8.87. The maximum Gasteiger partial charge on any atom is 0.229 e. The summed E-state index contributed by atoms with van der Waals surface area (Å²) in [6.45, 7) is 1.95. The van der Waals surface area contributed by atoms with Gasteiger partial charge in [-0.05, 0) is 31.5 Å². The number of hydrogen-bond donors (Lipinski definition) is 3. The molecule has 1 aliphatic heterocycles. The summed E-state index contributed by atoms with van der Waals surface area (Å²) in [6, 6.07) is 5.75. The molecule has 3 aromatic heterocycles. The van der Waals surface area contributed by atoms with Crippen molar-refractivity contribution < 1.29 is 0 Å². The van der Waals surface area contributed by atoms with Gasteiger partial charge in [0.2, 0.25) is 5.95 Å². The zero-order valence-electron chi connectivity index (χ0n) is 15.6. The van der Waals surface area contributed by atoms with Crippen LogP contribution in [0, 0.1) is 11.3 Å². The number of aromatic nitrogens is 5. The number of hydrogen-bond acceptors (Lipinski definition) is 8. The number of rotatable bonds is 5. The van der Waals surface area contributed by atoms with Crippen LogP contribution in [0.1, 0.15) is 18.5 Å². The summed E-state index contributed by atoms with van der Waals surface area (Å²) in [4.78, 5) is 13.2. The minimum atomic E-state index is 0.309. The lowest BCUT2D eigenvalue weighted by Crippen LogP contribution is -2.38. The van der Waals surface area contributed by atoms with Crippen molar-refractivity contribution in [1.29, 1.82) is 5.26 Å². The fraction of sp³-hybridized carbons (Fsp3) is 0.316. The number of nitrogens with zero attached hydrogens (tertiary/aromatic N) is 6. The van der Waals surface area contributed by atoms with Gasteiger partial charge in [-0.1, -0.05) is 0 Å². The Morgan fingerprint density at radius 2 is 2.18 bits per heavy atom. The second-order valence-corrected chi connectivity index (χ2v) is 6.72. The second kappa shape index (κ2) is 8.02. The molecule has 28 heavy (non-hydrogen) atoms. The molecule has 1 atom stereocenters. The molecule has 0 bridgehead atoms. The molecule has 0 saturated carbocycles. The van der Waals surface area contributed by atoms with E-state index in [1.165, 1.54) is 0 Å². The second-order valence-electron chi connectivity index (χ2n) is 6.72. The zero-order chi connectivity index (χ0) is 19.3. The third kappa shape index (κ3) is 4.07. The van der Waals surface area contributed by atoms with Crippen molar-refractivity contribution in [2.75, 3.05) is 23.7 Å². The van der Waals surface area contributed by atoms with Crippen LogP contribution in [0.4, 0.5) is 17.5 Å². The zero-order valence-corrected chi connectivity index (χ0v) is 15.6. The van der Waals surface area contributed by atoms with Crippen LogP contribution in [-0.4, -0.2) is 43.9 Å². The monoisotopic (exact) mass is 375 g/mol. The molecular formula is C19H21N9. The smallest absolute Gasteiger partial charge is 0.229 e. The van der Waals surface area contributed by atoms with E-state index in [2.05, 4.69) is 31.0 Å². The van der Waals surface area contributed by atoms with Crippen LogP contribution in [0.5, 0.6) is 0 Å². The highest BCUT2D eigenvalue weighted by molar-refractivity contribution is 5.75. The van der Waals surface area contributed by atoms with Crippen LogP contribution in [0.2, 0.25) is 0 Å². The Balaban J connectivity index is 1.62. The molecule has 0 radical (unpaired) electrons. The van der Waals surface area contributed by atoms with Crippen LogP contribution < -0.4 is 16.0 Å². The quantitative estimate of drug-likeness (QED) is 0.620. The molecule has 0 aromatic carbocycles. The van der Waals surface area contributed by atoms with Gasteiger partial charge in [-0.15, -0.1) is 0 Å². The van der Waals surface area contributed by atoms with Crippen molar-refractivity contribution in [3.63, 3.8) is 0 Å². The lowest BCUT2D eigenvalue weighted by atomic mass is 10.1. The van der Waals surface area contributed by atoms with E-state index in [1.54, 1.807) is 35.4 Å². The van der Waals surface area contributed by atoms with Crippen molar-refractivity contribution in [3.05, 3.63) is 42.6 Å². The number of nitrogens with one attached hydrogen (secondary N) is 3. The minimum Gasteiger partial charge on any atom is -0.365 e. The molecule has 1 fully saturated rings. The van der Waals surface area contributed by atoms with Crippen molar-refractivity contribution >= 4 is 17.5 Å². The number of pyridine rings is 1. The molecule has 0 amide bonds. The van der Waals surface area contributed by atoms with Gasteiger partial charge in [0.05, 0.1) is 18.1 Å². The van der Waals surface area contributed by atoms with Gasteiger partial charge in [-0.3, -0.25) is 4.68 Å². The Labute approximate surface area is 162 Å². The van der Waals surface area contributed by atoms with Crippen molar-refractivity contribution in [2.24, 2.45) is 7.05 Å². The molecule has 3 aromatic rings. The molecular weight excluding hydrogens is 354 g/mol. The van der Waals surface area contributed by atoms with Gasteiger partial charge in [0, 0.05) is 43.2 Å². The number of aryl methyl sites for hydroxylation is 1. The Kier molecular flexibility index (Phi) is 5.12. The predicted octanol–water partition coefficient (Wildman–Crippen LogP) is 2.05. The maximum atomic E-state index is 8.87. The van der Waals surface area contributed by atoms with E-state index in [0.29, 0.717) is 17.7 Å². The number of anilines is 3. The van der Waals surface area contributed by atoms with E-state index in [1.807, 2.05) is 19.3 Å². The first-order valence-corrected chi connectivity index (χ1v) is 9.18. The highest BCUT2D eigenvalue weighted by atomic mass is 15.2. The summed E-state index contributed by atoms with van der Waals surface area (Å²) in [5.41, 5.74) is 2.95. The molecule has 3 N–H and O–H groups in total. The van der Waals surface area contributed by atoms with Gasteiger partial charge in [0.1, 0.15) is 17.6 Å². The van der Waals surface area contributed by atoms with Crippen molar-refractivity contribution in [1.82, 2.24) is 30.0 Å². The Morgan fingerprint density at radius 3 is 2.86 bits per heavy atom. The molecule has 4 heterocycles. The van der Waals surface area contributed by atoms with E-state index in [4.69, 9.17) is 10.2 Å². The molecule has 142 valence electrons. The lowest BCUT2D eigenvalue weighted by Gasteiger charge is -2.25. The fourth-order valence-corrected chi connectivity index (χ4v) is 3.16. The molecule has 0 aliphatic carbocycles. The summed E-state index contributed by atoms with van der Waals surface area (Å²) in [6.07, 6.45) is 9.36. The normalized spacial score (nSPS) is 16.4. The Hall–Kier alpha value is -3.51. The van der Waals surface area contributed by atoms with Crippen molar-refractivity contribution in [2.45, 2.75) is 18.9 Å². The average molecular weight is 375 g/mol.